The average molecular weight is 413 g/mol. The summed E-state index contributed by atoms with van der Waals surface area (Å²) in [5.41, 5.74) is 1.25. The third-order valence-electron chi connectivity index (χ3n) is 3.65. The lowest BCUT2D eigenvalue weighted by Crippen LogP contribution is -2.24. The molecule has 1 N–H and O–H groups in total. The van der Waals surface area contributed by atoms with E-state index in [1.165, 1.54) is 33.3 Å². The zero-order valence-corrected chi connectivity index (χ0v) is 17.0. The Morgan fingerprint density at radius 2 is 1.85 bits per heavy atom. The van der Waals surface area contributed by atoms with Crippen LogP contribution in [0.5, 0.6) is 11.5 Å². The Balaban J connectivity index is 2.15. The molecule has 146 valence electrons. The zero-order valence-electron chi connectivity index (χ0n) is 15.4. The molecule has 1 amide bonds. The quantitative estimate of drug-likeness (QED) is 0.755. The number of anilines is 1. The third-order valence-corrected chi connectivity index (χ3v) is 5.80. The van der Waals surface area contributed by atoms with E-state index < -0.39 is 15.9 Å². The maximum Gasteiger partial charge on any atom is 0.262 e. The Morgan fingerprint density at radius 1 is 1.15 bits per heavy atom. The summed E-state index contributed by atoms with van der Waals surface area (Å²) in [6.45, 7) is 1.61. The van der Waals surface area contributed by atoms with Gasteiger partial charge in [-0.2, -0.15) is 0 Å². The van der Waals surface area contributed by atoms with Gasteiger partial charge in [0.2, 0.25) is 10.0 Å². The summed E-state index contributed by atoms with van der Waals surface area (Å²) in [4.78, 5) is 12.1. The molecule has 0 bridgehead atoms. The number of aryl methyl sites for hydroxylation is 1. The lowest BCUT2D eigenvalue weighted by Gasteiger charge is -2.16. The molecule has 0 heterocycles. The minimum absolute atomic E-state index is 0.0459. The van der Waals surface area contributed by atoms with Crippen LogP contribution in [0.15, 0.2) is 41.3 Å². The molecule has 0 radical (unpaired) electrons. The number of hydrogen-bond donors (Lipinski definition) is 1. The fraction of sp³-hybridized carbons (Fsp3) is 0.278. The summed E-state index contributed by atoms with van der Waals surface area (Å²) < 4.78 is 36.5. The maximum absolute atomic E-state index is 12.4. The fourth-order valence-electron chi connectivity index (χ4n) is 2.21. The summed E-state index contributed by atoms with van der Waals surface area (Å²) in [7, 11) is 0.474. The van der Waals surface area contributed by atoms with Crippen LogP contribution < -0.4 is 14.8 Å². The highest BCUT2D eigenvalue weighted by Gasteiger charge is 2.23. The Kier molecular flexibility index (Phi) is 6.69. The van der Waals surface area contributed by atoms with Gasteiger partial charge in [-0.15, -0.1) is 0 Å². The van der Waals surface area contributed by atoms with Crippen LogP contribution >= 0.6 is 11.6 Å². The molecule has 0 saturated carbocycles. The van der Waals surface area contributed by atoms with Crippen LogP contribution in [0.2, 0.25) is 5.02 Å². The number of benzene rings is 2. The van der Waals surface area contributed by atoms with Crippen molar-refractivity contribution in [2.24, 2.45) is 0 Å². The Bertz CT molecular complexity index is 945. The normalized spacial score (nSPS) is 11.3. The first-order valence-corrected chi connectivity index (χ1v) is 9.76. The molecule has 0 aliphatic heterocycles. The number of hydrogen-bond acceptors (Lipinski definition) is 5. The molecular formula is C18H21ClN2O5S. The highest BCUT2D eigenvalue weighted by Crippen LogP contribution is 2.29. The number of carbonyl (C=O) groups excluding carboxylic acids is 1. The molecule has 0 saturated heterocycles. The first-order valence-electron chi connectivity index (χ1n) is 7.94. The highest BCUT2D eigenvalue weighted by atomic mass is 35.5. The highest BCUT2D eigenvalue weighted by molar-refractivity contribution is 7.89. The summed E-state index contributed by atoms with van der Waals surface area (Å²) >= 11 is 6.03. The third kappa shape index (κ3) is 5.12. The number of nitrogens with zero attached hydrogens (tertiary/aromatic N) is 1. The number of amides is 1. The van der Waals surface area contributed by atoms with Crippen molar-refractivity contribution in [2.45, 2.75) is 11.8 Å². The SMILES string of the molecule is COc1ccc(NC(=O)COc2cc(C)ccc2Cl)cc1S(=O)(=O)N(C)C. The Morgan fingerprint density at radius 3 is 2.48 bits per heavy atom. The molecule has 0 fully saturated rings. The van der Waals surface area contributed by atoms with Crippen LogP contribution in [-0.4, -0.2) is 46.4 Å². The van der Waals surface area contributed by atoms with E-state index in [1.807, 2.05) is 13.0 Å². The summed E-state index contributed by atoms with van der Waals surface area (Å²) in [5, 5.41) is 3.00. The molecule has 2 aromatic rings. The molecular weight excluding hydrogens is 392 g/mol. The van der Waals surface area contributed by atoms with Gasteiger partial charge in [0.25, 0.3) is 5.91 Å². The fourth-order valence-corrected chi connectivity index (χ4v) is 3.46. The minimum Gasteiger partial charge on any atom is -0.495 e. The van der Waals surface area contributed by atoms with E-state index >= 15 is 0 Å². The van der Waals surface area contributed by atoms with E-state index in [-0.39, 0.29) is 17.3 Å². The van der Waals surface area contributed by atoms with E-state index in [0.29, 0.717) is 16.5 Å². The van der Waals surface area contributed by atoms with Crippen LogP contribution in [0.4, 0.5) is 5.69 Å². The molecule has 9 heteroatoms. The van der Waals surface area contributed by atoms with Gasteiger partial charge in [0.1, 0.15) is 16.4 Å². The topological polar surface area (TPSA) is 84.9 Å². The van der Waals surface area contributed by atoms with Crippen molar-refractivity contribution in [1.82, 2.24) is 4.31 Å². The molecule has 0 aliphatic carbocycles. The van der Waals surface area contributed by atoms with Crippen LogP contribution in [0.3, 0.4) is 0 Å². The number of sulfonamides is 1. The molecule has 0 aliphatic rings. The predicted octanol–water partition coefficient (Wildman–Crippen LogP) is 2.92. The Labute approximate surface area is 163 Å². The van der Waals surface area contributed by atoms with E-state index in [0.717, 1.165) is 9.87 Å². The Hall–Kier alpha value is -2.29. The van der Waals surface area contributed by atoms with Crippen molar-refractivity contribution in [1.29, 1.82) is 0 Å². The van der Waals surface area contributed by atoms with Crippen molar-refractivity contribution in [2.75, 3.05) is 33.1 Å². The second kappa shape index (κ2) is 8.60. The van der Waals surface area contributed by atoms with Gasteiger partial charge >= 0.3 is 0 Å². The van der Waals surface area contributed by atoms with Gasteiger partial charge in [0.05, 0.1) is 12.1 Å². The van der Waals surface area contributed by atoms with Crippen molar-refractivity contribution in [3.63, 3.8) is 0 Å². The number of carbonyl (C=O) groups is 1. The van der Waals surface area contributed by atoms with Gasteiger partial charge in [-0.3, -0.25) is 4.79 Å². The van der Waals surface area contributed by atoms with Crippen molar-refractivity contribution in [3.8, 4) is 11.5 Å². The van der Waals surface area contributed by atoms with Crippen LogP contribution in [0.1, 0.15) is 5.56 Å². The average Bonchev–Trinajstić information content (AvgIpc) is 2.62. The standard InChI is InChI=1S/C18H21ClN2O5S/c1-12-5-7-14(19)16(9-12)26-11-18(22)20-13-6-8-15(25-4)17(10-13)27(23,24)21(2)3/h5-10H,11H2,1-4H3,(H,20,22). The van der Waals surface area contributed by atoms with E-state index in [4.69, 9.17) is 21.1 Å². The molecule has 0 aromatic heterocycles. The van der Waals surface area contributed by atoms with Gasteiger partial charge in [-0.25, -0.2) is 12.7 Å². The van der Waals surface area contributed by atoms with Gasteiger partial charge in [-0.05, 0) is 42.8 Å². The molecule has 7 nitrogen and oxygen atoms in total. The minimum atomic E-state index is -3.74. The molecule has 2 rings (SSSR count). The van der Waals surface area contributed by atoms with Gasteiger partial charge in [0.15, 0.2) is 6.61 Å². The maximum atomic E-state index is 12.4. The lowest BCUT2D eigenvalue weighted by molar-refractivity contribution is -0.118. The largest absolute Gasteiger partial charge is 0.495 e. The van der Waals surface area contributed by atoms with Gasteiger partial charge < -0.3 is 14.8 Å². The predicted molar refractivity (Wildman–Crippen MR) is 104 cm³/mol. The molecule has 2 aromatic carbocycles. The van der Waals surface area contributed by atoms with E-state index in [1.54, 1.807) is 18.2 Å². The number of methoxy groups -OCH3 is 1. The molecule has 0 unspecified atom stereocenters. The first-order chi connectivity index (χ1) is 12.6. The second-order valence-electron chi connectivity index (χ2n) is 5.92. The van der Waals surface area contributed by atoms with Crippen LogP contribution in [0, 0.1) is 6.92 Å². The molecule has 0 spiro atoms. The first kappa shape index (κ1) is 21.0. The second-order valence-corrected chi connectivity index (χ2v) is 8.45. The summed E-state index contributed by atoms with van der Waals surface area (Å²) in [6, 6.07) is 9.61. The van der Waals surface area contributed by atoms with Crippen molar-refractivity contribution >= 4 is 33.2 Å². The van der Waals surface area contributed by atoms with Crippen LogP contribution in [0.25, 0.3) is 0 Å². The number of rotatable bonds is 7. The van der Waals surface area contributed by atoms with Gasteiger partial charge in [-0.1, -0.05) is 17.7 Å². The van der Waals surface area contributed by atoms with Crippen molar-refractivity contribution in [3.05, 3.63) is 47.0 Å². The monoisotopic (exact) mass is 412 g/mol. The smallest absolute Gasteiger partial charge is 0.262 e. The summed E-state index contributed by atoms with van der Waals surface area (Å²) in [6.07, 6.45) is 0. The van der Waals surface area contributed by atoms with Gasteiger partial charge in [0, 0.05) is 19.8 Å². The molecule has 0 atom stereocenters. The molecule has 27 heavy (non-hydrogen) atoms. The van der Waals surface area contributed by atoms with Crippen molar-refractivity contribution < 1.29 is 22.7 Å². The van der Waals surface area contributed by atoms with E-state index in [9.17, 15) is 13.2 Å². The van der Waals surface area contributed by atoms with E-state index in [2.05, 4.69) is 5.32 Å². The lowest BCUT2D eigenvalue weighted by atomic mass is 10.2. The van der Waals surface area contributed by atoms with Crippen LogP contribution in [-0.2, 0) is 14.8 Å². The number of ether oxygens (including phenoxy) is 2. The summed E-state index contributed by atoms with van der Waals surface area (Å²) in [5.74, 6) is 0.132. The number of halogens is 1. The zero-order chi connectivity index (χ0) is 20.2. The number of nitrogens with one attached hydrogen (secondary N) is 1.